The van der Waals surface area contributed by atoms with Crippen LogP contribution in [-0.2, 0) is 4.12 Å². The van der Waals surface area contributed by atoms with E-state index in [2.05, 4.69) is 62.3 Å². The van der Waals surface area contributed by atoms with Gasteiger partial charge in [0, 0.05) is 12.2 Å². The highest BCUT2D eigenvalue weighted by molar-refractivity contribution is 6.84. The Balaban J connectivity index is 2.25. The number of hydrogen-bond acceptors (Lipinski definition) is 2. The summed E-state index contributed by atoms with van der Waals surface area (Å²) in [6.45, 7) is 12.6. The van der Waals surface area contributed by atoms with Crippen LogP contribution >= 0.6 is 0 Å². The summed E-state index contributed by atoms with van der Waals surface area (Å²) in [7, 11) is -2.83. The second-order valence-corrected chi connectivity index (χ2v) is 15.4. The Morgan fingerprint density at radius 2 is 1.61 bits per heavy atom. The third kappa shape index (κ3) is 6.98. The largest absolute Gasteiger partial charge is 0.456 e. The SMILES string of the molecule is C[Si](C)(C)O[Si](C)(C)CCCNc1ccccc1. The molecule has 0 saturated heterocycles. The van der Waals surface area contributed by atoms with Crippen molar-refractivity contribution in [2.24, 2.45) is 0 Å². The lowest BCUT2D eigenvalue weighted by atomic mass is 10.3. The zero-order chi connectivity index (χ0) is 13.6. The highest BCUT2D eigenvalue weighted by Gasteiger charge is 2.28. The van der Waals surface area contributed by atoms with Crippen molar-refractivity contribution >= 4 is 22.3 Å². The first kappa shape index (κ1) is 15.5. The molecule has 0 atom stereocenters. The maximum atomic E-state index is 6.33. The van der Waals surface area contributed by atoms with Crippen molar-refractivity contribution in [2.45, 2.75) is 45.2 Å². The molecule has 0 amide bonds. The van der Waals surface area contributed by atoms with E-state index in [0.29, 0.717) is 0 Å². The normalized spacial score (nSPS) is 12.5. The third-order valence-corrected chi connectivity index (χ3v) is 8.86. The number of para-hydroxylation sites is 1. The molecule has 0 fully saturated rings. The van der Waals surface area contributed by atoms with Gasteiger partial charge in [0.05, 0.1) is 0 Å². The fourth-order valence-electron chi connectivity index (χ4n) is 2.18. The summed E-state index contributed by atoms with van der Waals surface area (Å²) in [5.41, 5.74) is 1.21. The van der Waals surface area contributed by atoms with Crippen molar-refractivity contribution in [3.05, 3.63) is 30.3 Å². The molecule has 2 nitrogen and oxygen atoms in total. The van der Waals surface area contributed by atoms with E-state index in [4.69, 9.17) is 4.12 Å². The van der Waals surface area contributed by atoms with Gasteiger partial charge in [-0.05, 0) is 57.3 Å². The smallest absolute Gasteiger partial charge is 0.173 e. The summed E-state index contributed by atoms with van der Waals surface area (Å²) in [6.07, 6.45) is 1.19. The molecule has 1 rings (SSSR count). The number of hydrogen-bond donors (Lipinski definition) is 1. The molecule has 0 bridgehead atoms. The fraction of sp³-hybridized carbons (Fsp3) is 0.571. The molecule has 4 heteroatoms. The minimum absolute atomic E-state index is 1.04. The number of nitrogens with one attached hydrogen (secondary N) is 1. The van der Waals surface area contributed by atoms with Gasteiger partial charge in [-0.3, -0.25) is 0 Å². The molecule has 0 aliphatic rings. The van der Waals surface area contributed by atoms with E-state index in [1.54, 1.807) is 0 Å². The first-order chi connectivity index (χ1) is 8.29. The van der Waals surface area contributed by atoms with E-state index in [1.165, 1.54) is 18.2 Å². The lowest BCUT2D eigenvalue weighted by molar-refractivity contribution is 0.545. The van der Waals surface area contributed by atoms with E-state index in [1.807, 2.05) is 6.07 Å². The Morgan fingerprint density at radius 1 is 1.00 bits per heavy atom. The van der Waals surface area contributed by atoms with Crippen LogP contribution in [0.3, 0.4) is 0 Å². The lowest BCUT2D eigenvalue weighted by Gasteiger charge is -2.31. The Hall–Kier alpha value is -0.586. The topological polar surface area (TPSA) is 21.3 Å². The van der Waals surface area contributed by atoms with Crippen LogP contribution in [0.1, 0.15) is 6.42 Å². The summed E-state index contributed by atoms with van der Waals surface area (Å²) in [5.74, 6) is 0. The Labute approximate surface area is 114 Å². The van der Waals surface area contributed by atoms with Crippen molar-refractivity contribution in [3.63, 3.8) is 0 Å². The van der Waals surface area contributed by atoms with Gasteiger partial charge < -0.3 is 9.43 Å². The zero-order valence-corrected chi connectivity index (χ0v) is 14.4. The zero-order valence-electron chi connectivity index (χ0n) is 12.4. The molecule has 0 aliphatic carbocycles. The van der Waals surface area contributed by atoms with Gasteiger partial charge in [-0.1, -0.05) is 18.2 Å². The first-order valence-electron chi connectivity index (χ1n) is 6.78. The maximum Gasteiger partial charge on any atom is 0.173 e. The summed E-state index contributed by atoms with van der Waals surface area (Å²) in [6, 6.07) is 11.6. The summed E-state index contributed by atoms with van der Waals surface area (Å²) >= 11 is 0. The minimum atomic E-state index is -1.46. The van der Waals surface area contributed by atoms with E-state index in [-0.39, 0.29) is 0 Å². The van der Waals surface area contributed by atoms with Crippen molar-refractivity contribution in [1.29, 1.82) is 0 Å². The highest BCUT2D eigenvalue weighted by atomic mass is 28.4. The highest BCUT2D eigenvalue weighted by Crippen LogP contribution is 2.19. The van der Waals surface area contributed by atoms with Crippen molar-refractivity contribution in [2.75, 3.05) is 11.9 Å². The van der Waals surface area contributed by atoms with Crippen LogP contribution < -0.4 is 5.32 Å². The van der Waals surface area contributed by atoms with Crippen molar-refractivity contribution in [1.82, 2.24) is 0 Å². The van der Waals surface area contributed by atoms with Crippen molar-refractivity contribution in [3.8, 4) is 0 Å². The lowest BCUT2D eigenvalue weighted by Crippen LogP contribution is -2.42. The first-order valence-corrected chi connectivity index (χ1v) is 13.3. The molecule has 1 aromatic rings. The van der Waals surface area contributed by atoms with Gasteiger partial charge in [-0.2, -0.15) is 0 Å². The summed E-state index contributed by atoms with van der Waals surface area (Å²) < 4.78 is 6.33. The number of rotatable bonds is 7. The average molecular weight is 282 g/mol. The molecule has 18 heavy (non-hydrogen) atoms. The Kier molecular flexibility index (Phi) is 5.62. The predicted octanol–water partition coefficient (Wildman–Crippen LogP) is 4.55. The van der Waals surface area contributed by atoms with Gasteiger partial charge in [0.15, 0.2) is 16.6 Å². The van der Waals surface area contributed by atoms with Crippen LogP contribution in [0.25, 0.3) is 0 Å². The average Bonchev–Trinajstić information content (AvgIpc) is 2.23. The third-order valence-electron chi connectivity index (χ3n) is 2.64. The minimum Gasteiger partial charge on any atom is -0.456 e. The van der Waals surface area contributed by atoms with E-state index in [9.17, 15) is 0 Å². The summed E-state index contributed by atoms with van der Waals surface area (Å²) in [5, 5.41) is 3.46. The molecule has 0 aliphatic heterocycles. The quantitative estimate of drug-likeness (QED) is 0.585. The van der Waals surface area contributed by atoms with Crippen LogP contribution in [-0.4, -0.2) is 23.2 Å². The van der Waals surface area contributed by atoms with Crippen LogP contribution in [0.2, 0.25) is 38.8 Å². The summed E-state index contributed by atoms with van der Waals surface area (Å²) in [4.78, 5) is 0. The standard InChI is InChI=1S/C14H27NOSi2/c1-17(2,3)16-18(4,5)13-9-12-15-14-10-7-6-8-11-14/h6-8,10-11,15H,9,12-13H2,1-5H3. The van der Waals surface area contributed by atoms with E-state index in [0.717, 1.165) is 6.54 Å². The molecule has 0 radical (unpaired) electrons. The van der Waals surface area contributed by atoms with E-state index < -0.39 is 16.6 Å². The molecule has 0 unspecified atom stereocenters. The second kappa shape index (κ2) is 6.54. The van der Waals surface area contributed by atoms with Gasteiger partial charge in [-0.15, -0.1) is 0 Å². The van der Waals surface area contributed by atoms with Gasteiger partial charge in [-0.25, -0.2) is 0 Å². The van der Waals surface area contributed by atoms with Crippen molar-refractivity contribution < 1.29 is 4.12 Å². The van der Waals surface area contributed by atoms with Gasteiger partial charge in [0.25, 0.3) is 0 Å². The van der Waals surface area contributed by atoms with Gasteiger partial charge >= 0.3 is 0 Å². The van der Waals surface area contributed by atoms with E-state index >= 15 is 0 Å². The fourth-order valence-corrected chi connectivity index (χ4v) is 10.3. The number of benzene rings is 1. The monoisotopic (exact) mass is 281 g/mol. The molecule has 102 valence electrons. The van der Waals surface area contributed by atoms with Gasteiger partial charge in [0.2, 0.25) is 0 Å². The molecule has 0 aromatic heterocycles. The van der Waals surface area contributed by atoms with Crippen LogP contribution in [0.5, 0.6) is 0 Å². The molecule has 1 aromatic carbocycles. The molecule has 1 N–H and O–H groups in total. The molecular weight excluding hydrogens is 254 g/mol. The molecule has 0 saturated carbocycles. The van der Waals surface area contributed by atoms with Crippen LogP contribution in [0, 0.1) is 0 Å². The van der Waals surface area contributed by atoms with Gasteiger partial charge in [0.1, 0.15) is 0 Å². The second-order valence-electron chi connectivity index (χ2n) is 6.37. The predicted molar refractivity (Wildman–Crippen MR) is 86.3 cm³/mol. The van der Waals surface area contributed by atoms with Crippen LogP contribution in [0.15, 0.2) is 30.3 Å². The molecule has 0 heterocycles. The molecule has 0 spiro atoms. The number of anilines is 1. The maximum absolute atomic E-state index is 6.33. The Bertz CT molecular complexity index is 347. The Morgan fingerprint density at radius 3 is 2.17 bits per heavy atom. The molecular formula is C14H27NOSi2. The van der Waals surface area contributed by atoms with Crippen LogP contribution in [0.4, 0.5) is 5.69 Å².